The van der Waals surface area contributed by atoms with E-state index in [1.807, 2.05) is 0 Å². The van der Waals surface area contributed by atoms with Crippen LogP contribution >= 0.6 is 0 Å². The molecule has 3 aromatic rings. The molecule has 1 fully saturated rings. The predicted molar refractivity (Wildman–Crippen MR) is 109 cm³/mol. The van der Waals surface area contributed by atoms with E-state index in [4.69, 9.17) is 0 Å². The molecule has 1 aromatic heterocycles. The van der Waals surface area contributed by atoms with E-state index in [0.29, 0.717) is 17.1 Å². The van der Waals surface area contributed by atoms with E-state index in [0.717, 1.165) is 26.0 Å². The van der Waals surface area contributed by atoms with Gasteiger partial charge in [0, 0.05) is 22.9 Å². The predicted octanol–water partition coefficient (Wildman–Crippen LogP) is 4.36. The number of hydrogen-bond acceptors (Lipinski definition) is 5. The van der Waals surface area contributed by atoms with Crippen LogP contribution in [0, 0.1) is 0 Å². The van der Waals surface area contributed by atoms with Crippen LogP contribution in [-0.4, -0.2) is 31.2 Å². The highest BCUT2D eigenvalue weighted by atomic mass is 32.2. The summed E-state index contributed by atoms with van der Waals surface area (Å²) >= 11 is 0. The SMILES string of the molecule is COS(=O)(=O)c1cccc(C(=O)Nc2ccc(-n3nc(C(F)(F)F)cc3C3CC3)cc2)c1. The molecule has 0 unspecified atom stereocenters. The van der Waals surface area contributed by atoms with Crippen molar-refractivity contribution in [2.24, 2.45) is 0 Å². The van der Waals surface area contributed by atoms with Crippen molar-refractivity contribution in [2.75, 3.05) is 12.4 Å². The van der Waals surface area contributed by atoms with Crippen molar-refractivity contribution in [3.63, 3.8) is 0 Å². The van der Waals surface area contributed by atoms with Crippen LogP contribution in [0.1, 0.15) is 40.5 Å². The third-order valence-corrected chi connectivity index (χ3v) is 6.27. The maximum absolute atomic E-state index is 13.1. The van der Waals surface area contributed by atoms with Gasteiger partial charge in [-0.25, -0.2) is 4.68 Å². The lowest BCUT2D eigenvalue weighted by Crippen LogP contribution is -2.13. The molecule has 0 aliphatic heterocycles. The summed E-state index contributed by atoms with van der Waals surface area (Å²) < 4.78 is 68.7. The Morgan fingerprint density at radius 3 is 2.41 bits per heavy atom. The fourth-order valence-electron chi connectivity index (χ4n) is 3.19. The fourth-order valence-corrected chi connectivity index (χ4v) is 3.90. The Bertz CT molecular complexity index is 1260. The second-order valence-electron chi connectivity index (χ2n) is 7.29. The molecule has 4 rings (SSSR count). The number of nitrogens with one attached hydrogen (secondary N) is 1. The van der Waals surface area contributed by atoms with Gasteiger partial charge in [-0.2, -0.15) is 26.7 Å². The number of nitrogens with zero attached hydrogens (tertiary/aromatic N) is 2. The summed E-state index contributed by atoms with van der Waals surface area (Å²) in [5.41, 5.74) is 0.488. The fraction of sp³-hybridized carbons (Fsp3) is 0.238. The molecular formula is C21H18F3N3O4S. The number of amides is 1. The van der Waals surface area contributed by atoms with Gasteiger partial charge in [0.15, 0.2) is 5.69 Å². The van der Waals surface area contributed by atoms with Crippen LogP contribution in [0.3, 0.4) is 0 Å². The summed E-state index contributed by atoms with van der Waals surface area (Å²) in [6, 6.07) is 12.6. The number of rotatable bonds is 6. The Kier molecular flexibility index (Phi) is 5.55. The number of carbonyl (C=O) groups excluding carboxylic acids is 1. The second-order valence-corrected chi connectivity index (χ2v) is 9.00. The van der Waals surface area contributed by atoms with E-state index in [1.54, 1.807) is 12.1 Å². The topological polar surface area (TPSA) is 90.3 Å². The summed E-state index contributed by atoms with van der Waals surface area (Å²) in [6.07, 6.45) is -2.91. The van der Waals surface area contributed by atoms with Crippen LogP contribution in [0.15, 0.2) is 59.5 Å². The van der Waals surface area contributed by atoms with Crippen molar-refractivity contribution < 1.29 is 30.6 Å². The van der Waals surface area contributed by atoms with Crippen molar-refractivity contribution in [2.45, 2.75) is 29.8 Å². The maximum atomic E-state index is 13.1. The highest BCUT2D eigenvalue weighted by Crippen LogP contribution is 2.43. The first-order valence-electron chi connectivity index (χ1n) is 9.58. The van der Waals surface area contributed by atoms with Gasteiger partial charge in [0.05, 0.1) is 17.7 Å². The average molecular weight is 465 g/mol. The molecule has 1 saturated carbocycles. The third-order valence-electron chi connectivity index (χ3n) is 5.00. The number of aromatic nitrogens is 2. The van der Waals surface area contributed by atoms with Crippen molar-refractivity contribution in [1.29, 1.82) is 0 Å². The normalized spacial score (nSPS) is 14.4. The number of alkyl halides is 3. The first-order chi connectivity index (χ1) is 15.1. The summed E-state index contributed by atoms with van der Waals surface area (Å²) in [5.74, 6) is -0.503. The van der Waals surface area contributed by atoms with Gasteiger partial charge < -0.3 is 5.32 Å². The Morgan fingerprint density at radius 2 is 1.81 bits per heavy atom. The number of anilines is 1. The molecule has 168 valence electrons. The van der Waals surface area contributed by atoms with Crippen LogP contribution in [-0.2, 0) is 20.5 Å². The van der Waals surface area contributed by atoms with Gasteiger partial charge in [0.1, 0.15) is 0 Å². The summed E-state index contributed by atoms with van der Waals surface area (Å²) in [4.78, 5) is 12.4. The molecule has 7 nitrogen and oxygen atoms in total. The summed E-state index contributed by atoms with van der Waals surface area (Å²) in [6.45, 7) is 0. The number of carbonyl (C=O) groups is 1. The minimum Gasteiger partial charge on any atom is -0.322 e. The van der Waals surface area contributed by atoms with Gasteiger partial charge in [-0.15, -0.1) is 0 Å². The Hall–Kier alpha value is -3.18. The first kappa shape index (κ1) is 22.0. The van der Waals surface area contributed by atoms with E-state index in [9.17, 15) is 26.4 Å². The minimum atomic E-state index is -4.53. The molecule has 1 N–H and O–H groups in total. The van der Waals surface area contributed by atoms with Crippen molar-refractivity contribution in [1.82, 2.24) is 9.78 Å². The van der Waals surface area contributed by atoms with E-state index >= 15 is 0 Å². The van der Waals surface area contributed by atoms with Crippen molar-refractivity contribution in [3.8, 4) is 5.69 Å². The molecule has 0 saturated heterocycles. The van der Waals surface area contributed by atoms with Crippen LogP contribution in [0.2, 0.25) is 0 Å². The molecule has 1 heterocycles. The van der Waals surface area contributed by atoms with Gasteiger partial charge in [-0.3, -0.25) is 8.98 Å². The molecule has 1 amide bonds. The van der Waals surface area contributed by atoms with E-state index in [-0.39, 0.29) is 16.4 Å². The molecule has 1 aliphatic carbocycles. The maximum Gasteiger partial charge on any atom is 0.435 e. The van der Waals surface area contributed by atoms with Crippen LogP contribution in [0.4, 0.5) is 18.9 Å². The zero-order valence-corrected chi connectivity index (χ0v) is 17.6. The lowest BCUT2D eigenvalue weighted by Gasteiger charge is -2.10. The van der Waals surface area contributed by atoms with E-state index in [2.05, 4.69) is 14.6 Å². The van der Waals surface area contributed by atoms with Gasteiger partial charge in [-0.05, 0) is 61.4 Å². The monoisotopic (exact) mass is 465 g/mol. The zero-order chi connectivity index (χ0) is 23.1. The Labute approximate surface area is 181 Å². The molecule has 2 aromatic carbocycles. The molecule has 32 heavy (non-hydrogen) atoms. The summed E-state index contributed by atoms with van der Waals surface area (Å²) in [7, 11) is -2.92. The number of halogens is 3. The molecular weight excluding hydrogens is 447 g/mol. The van der Waals surface area contributed by atoms with Gasteiger partial charge >= 0.3 is 6.18 Å². The second kappa shape index (κ2) is 8.06. The Morgan fingerprint density at radius 1 is 1.12 bits per heavy atom. The van der Waals surface area contributed by atoms with Gasteiger partial charge in [0.25, 0.3) is 16.0 Å². The quantitative estimate of drug-likeness (QED) is 0.547. The highest BCUT2D eigenvalue weighted by Gasteiger charge is 2.38. The highest BCUT2D eigenvalue weighted by molar-refractivity contribution is 7.86. The number of benzene rings is 2. The first-order valence-corrected chi connectivity index (χ1v) is 11.0. The number of hydrogen-bond donors (Lipinski definition) is 1. The van der Waals surface area contributed by atoms with Gasteiger partial charge in [-0.1, -0.05) is 6.07 Å². The minimum absolute atomic E-state index is 0.0497. The average Bonchev–Trinajstić information content (AvgIpc) is 3.51. The molecule has 1 aliphatic rings. The van der Waals surface area contributed by atoms with Crippen molar-refractivity contribution in [3.05, 3.63) is 71.5 Å². The van der Waals surface area contributed by atoms with E-state index in [1.165, 1.54) is 41.1 Å². The molecule has 0 bridgehead atoms. The molecule has 0 spiro atoms. The third kappa shape index (κ3) is 4.53. The molecule has 11 heteroatoms. The Balaban J connectivity index is 1.55. The lowest BCUT2D eigenvalue weighted by molar-refractivity contribution is -0.141. The van der Waals surface area contributed by atoms with Crippen LogP contribution in [0.5, 0.6) is 0 Å². The van der Waals surface area contributed by atoms with Crippen LogP contribution in [0.25, 0.3) is 5.69 Å². The van der Waals surface area contributed by atoms with E-state index < -0.39 is 27.9 Å². The summed E-state index contributed by atoms with van der Waals surface area (Å²) in [5, 5.41) is 6.36. The molecule has 0 atom stereocenters. The zero-order valence-electron chi connectivity index (χ0n) is 16.8. The standard InChI is InChI=1S/C21H18F3N3O4S/c1-31-32(29,30)17-4-2-3-14(11-17)20(28)25-15-7-9-16(10-8-15)27-18(13-5-6-13)12-19(26-27)21(22,23)24/h2-4,7-13H,5-6H2,1H3,(H,25,28). The smallest absolute Gasteiger partial charge is 0.322 e. The van der Waals surface area contributed by atoms with Crippen molar-refractivity contribution >= 4 is 21.7 Å². The lowest BCUT2D eigenvalue weighted by atomic mass is 10.2. The van der Waals surface area contributed by atoms with Crippen LogP contribution < -0.4 is 5.32 Å². The largest absolute Gasteiger partial charge is 0.435 e. The molecule has 0 radical (unpaired) electrons. The van der Waals surface area contributed by atoms with Gasteiger partial charge in [0.2, 0.25) is 0 Å².